The Hall–Kier alpha value is -7.72. The Morgan fingerprint density at radius 1 is 0.344 bits per heavy atom. The van der Waals surface area contributed by atoms with Crippen molar-refractivity contribution >= 4 is 76.0 Å². The SMILES string of the molecule is C(=C(/c1ccc(-c2ccccc2)cc1)c1ccc2sc3ccccc3c2c1)/c1ccc(-c2ccc3c(c2)c2c(c4ccccc4n2-c2ccccc2)n3-c2ccccc2)cc1. The van der Waals surface area contributed by atoms with E-state index >= 15 is 0 Å². The Morgan fingerprint density at radius 3 is 1.57 bits per heavy atom. The Balaban J connectivity index is 0.996. The van der Waals surface area contributed by atoms with Crippen molar-refractivity contribution in [3.8, 4) is 33.6 Å². The predicted molar refractivity (Wildman–Crippen MR) is 261 cm³/mol. The van der Waals surface area contributed by atoms with E-state index in [0.29, 0.717) is 0 Å². The summed E-state index contributed by atoms with van der Waals surface area (Å²) in [6.07, 6.45) is 2.35. The van der Waals surface area contributed by atoms with Gasteiger partial charge in [-0.25, -0.2) is 0 Å². The number of fused-ring (bicyclic) bond motifs is 8. The van der Waals surface area contributed by atoms with Crippen molar-refractivity contribution in [2.24, 2.45) is 0 Å². The summed E-state index contributed by atoms with van der Waals surface area (Å²) in [5.41, 5.74) is 16.7. The first-order valence-electron chi connectivity index (χ1n) is 20.8. The third kappa shape index (κ3) is 6.01. The lowest BCUT2D eigenvalue weighted by atomic mass is 9.92. The number of nitrogens with zero attached hydrogens (tertiary/aromatic N) is 2. The van der Waals surface area contributed by atoms with Crippen LogP contribution in [-0.4, -0.2) is 9.13 Å². The van der Waals surface area contributed by atoms with Gasteiger partial charge in [-0.3, -0.25) is 0 Å². The van der Waals surface area contributed by atoms with Crippen molar-refractivity contribution in [1.29, 1.82) is 0 Å². The third-order valence-corrected chi connectivity index (χ3v) is 13.3. The van der Waals surface area contributed by atoms with E-state index in [0.717, 1.165) is 16.9 Å². The van der Waals surface area contributed by atoms with Gasteiger partial charge in [0.25, 0.3) is 0 Å². The number of thiophene rings is 1. The summed E-state index contributed by atoms with van der Waals surface area (Å²) in [4.78, 5) is 0. The molecule has 0 bridgehead atoms. The molecule has 0 fully saturated rings. The average molecular weight is 795 g/mol. The highest BCUT2D eigenvalue weighted by Gasteiger charge is 2.22. The minimum atomic E-state index is 1.15. The monoisotopic (exact) mass is 794 g/mol. The van der Waals surface area contributed by atoms with E-state index < -0.39 is 0 Å². The highest BCUT2D eigenvalue weighted by Crippen LogP contribution is 2.42. The Kier molecular flexibility index (Phi) is 8.39. The molecule has 9 aromatic carbocycles. The van der Waals surface area contributed by atoms with E-state index in [9.17, 15) is 0 Å². The van der Waals surface area contributed by atoms with Crippen LogP contribution < -0.4 is 0 Å². The number of hydrogen-bond donors (Lipinski definition) is 0. The lowest BCUT2D eigenvalue weighted by Crippen LogP contribution is -1.93. The maximum atomic E-state index is 2.44. The van der Waals surface area contributed by atoms with Gasteiger partial charge in [0.1, 0.15) is 0 Å². The van der Waals surface area contributed by atoms with Crippen molar-refractivity contribution in [3.05, 3.63) is 241 Å². The zero-order chi connectivity index (χ0) is 40.3. The van der Waals surface area contributed by atoms with E-state index in [4.69, 9.17) is 0 Å². The first-order chi connectivity index (χ1) is 30.2. The lowest BCUT2D eigenvalue weighted by molar-refractivity contribution is 1.17. The molecule has 0 aliphatic carbocycles. The highest BCUT2D eigenvalue weighted by molar-refractivity contribution is 7.25. The molecule has 0 aliphatic rings. The van der Waals surface area contributed by atoms with Crippen LogP contribution in [0.3, 0.4) is 0 Å². The average Bonchev–Trinajstić information content (AvgIpc) is 3.99. The topological polar surface area (TPSA) is 9.86 Å². The number of para-hydroxylation sites is 3. The van der Waals surface area contributed by atoms with Gasteiger partial charge in [-0.1, -0.05) is 164 Å². The maximum Gasteiger partial charge on any atom is 0.0804 e. The molecule has 12 aromatic rings. The highest BCUT2D eigenvalue weighted by atomic mass is 32.1. The molecule has 12 rings (SSSR count). The van der Waals surface area contributed by atoms with Crippen molar-refractivity contribution < 1.29 is 0 Å². The van der Waals surface area contributed by atoms with E-state index in [1.165, 1.54) is 92.0 Å². The van der Waals surface area contributed by atoms with Gasteiger partial charge in [0.2, 0.25) is 0 Å². The number of aromatic nitrogens is 2. The van der Waals surface area contributed by atoms with Crippen molar-refractivity contribution in [2.45, 2.75) is 0 Å². The molecule has 0 radical (unpaired) electrons. The number of hydrogen-bond acceptors (Lipinski definition) is 1. The molecule has 0 spiro atoms. The lowest BCUT2D eigenvalue weighted by Gasteiger charge is -2.12. The molecule has 3 heterocycles. The Labute approximate surface area is 358 Å². The molecule has 0 amide bonds. The van der Waals surface area contributed by atoms with Crippen molar-refractivity contribution in [2.75, 3.05) is 0 Å². The molecule has 61 heavy (non-hydrogen) atoms. The quantitative estimate of drug-likeness (QED) is 0.142. The molecular weight excluding hydrogens is 757 g/mol. The van der Waals surface area contributed by atoms with E-state index in [-0.39, 0.29) is 0 Å². The molecular formula is C58H38N2S. The van der Waals surface area contributed by atoms with Gasteiger partial charge in [0, 0.05) is 42.3 Å². The summed E-state index contributed by atoms with van der Waals surface area (Å²) < 4.78 is 7.51. The third-order valence-electron chi connectivity index (χ3n) is 12.1. The second-order valence-electron chi connectivity index (χ2n) is 15.7. The van der Waals surface area contributed by atoms with Crippen LogP contribution in [0.2, 0.25) is 0 Å². The second-order valence-corrected chi connectivity index (χ2v) is 16.8. The standard InChI is InChI=1S/C58H38N2S/c1-4-14-40(15-5-1)41-28-30-43(31-29-41)50(45-33-35-56-51(38-45)48-20-11-13-23-55(48)61-56)36-39-24-26-42(27-25-39)44-32-34-54-52(37-44)58-57(60(54)47-18-8-3-9-19-47)49-21-10-12-22-53(49)59(58)46-16-6-2-7-17-46/h1-38H/b50-36+. The first kappa shape index (κ1) is 35.2. The van der Waals surface area contributed by atoms with Gasteiger partial charge < -0.3 is 9.13 Å². The summed E-state index contributed by atoms with van der Waals surface area (Å²) in [6.45, 7) is 0. The van der Waals surface area contributed by atoms with E-state index in [1.54, 1.807) is 0 Å². The summed E-state index contributed by atoms with van der Waals surface area (Å²) >= 11 is 1.86. The van der Waals surface area contributed by atoms with Gasteiger partial charge in [-0.05, 0) is 111 Å². The predicted octanol–water partition coefficient (Wildman–Crippen LogP) is 16.0. The zero-order valence-corrected chi connectivity index (χ0v) is 34.1. The van der Waals surface area contributed by atoms with Crippen molar-refractivity contribution in [1.82, 2.24) is 9.13 Å². The van der Waals surface area contributed by atoms with Gasteiger partial charge >= 0.3 is 0 Å². The van der Waals surface area contributed by atoms with Gasteiger partial charge in [0.15, 0.2) is 0 Å². The molecule has 0 aliphatic heterocycles. The van der Waals surface area contributed by atoms with Gasteiger partial charge in [-0.2, -0.15) is 0 Å². The summed E-state index contributed by atoms with van der Waals surface area (Å²) in [5.74, 6) is 0. The fourth-order valence-corrected chi connectivity index (χ4v) is 10.3. The van der Waals surface area contributed by atoms with Crippen LogP contribution in [0.25, 0.3) is 98.3 Å². The van der Waals surface area contributed by atoms with Crippen LogP contribution in [0.1, 0.15) is 16.7 Å². The van der Waals surface area contributed by atoms with Crippen LogP contribution >= 0.6 is 11.3 Å². The number of benzene rings is 9. The molecule has 0 saturated heterocycles. The molecule has 3 aromatic heterocycles. The van der Waals surface area contributed by atoms with E-state index in [1.807, 2.05) is 11.3 Å². The minimum absolute atomic E-state index is 1.15. The molecule has 0 saturated carbocycles. The molecule has 0 unspecified atom stereocenters. The Morgan fingerprint density at radius 2 is 0.852 bits per heavy atom. The largest absolute Gasteiger partial charge is 0.307 e. The summed E-state index contributed by atoms with van der Waals surface area (Å²) in [5, 5.41) is 5.07. The summed E-state index contributed by atoms with van der Waals surface area (Å²) in [6, 6.07) is 81.7. The van der Waals surface area contributed by atoms with Gasteiger partial charge in [-0.15, -0.1) is 11.3 Å². The smallest absolute Gasteiger partial charge is 0.0804 e. The molecule has 2 nitrogen and oxygen atoms in total. The first-order valence-corrected chi connectivity index (χ1v) is 21.6. The van der Waals surface area contributed by atoms with Gasteiger partial charge in [0.05, 0.1) is 22.1 Å². The fraction of sp³-hybridized carbons (Fsp3) is 0. The Bertz CT molecular complexity index is 3550. The van der Waals surface area contributed by atoms with Crippen LogP contribution in [0.5, 0.6) is 0 Å². The van der Waals surface area contributed by atoms with Crippen LogP contribution in [0, 0.1) is 0 Å². The molecule has 286 valence electrons. The molecule has 3 heteroatoms. The second kappa shape index (κ2) is 14.5. The summed E-state index contributed by atoms with van der Waals surface area (Å²) in [7, 11) is 0. The van der Waals surface area contributed by atoms with Crippen LogP contribution in [0.4, 0.5) is 0 Å². The maximum absolute atomic E-state index is 2.44. The fourth-order valence-electron chi connectivity index (χ4n) is 9.25. The number of rotatable bonds is 7. The molecule has 0 atom stereocenters. The van der Waals surface area contributed by atoms with Crippen LogP contribution in [0.15, 0.2) is 224 Å². The van der Waals surface area contributed by atoms with E-state index in [2.05, 4.69) is 240 Å². The molecule has 0 N–H and O–H groups in total. The minimum Gasteiger partial charge on any atom is -0.307 e. The normalized spacial score (nSPS) is 12.0. The van der Waals surface area contributed by atoms with Crippen LogP contribution in [-0.2, 0) is 0 Å². The zero-order valence-electron chi connectivity index (χ0n) is 33.2. The van der Waals surface area contributed by atoms with Crippen molar-refractivity contribution in [3.63, 3.8) is 0 Å².